The second kappa shape index (κ2) is 8.39. The van der Waals surface area contributed by atoms with E-state index >= 15 is 0 Å². The fourth-order valence-electron chi connectivity index (χ4n) is 4.90. The van der Waals surface area contributed by atoms with Gasteiger partial charge in [-0.2, -0.15) is 0 Å². The lowest BCUT2D eigenvalue weighted by Crippen LogP contribution is -2.47. The summed E-state index contributed by atoms with van der Waals surface area (Å²) in [5.41, 5.74) is 8.06. The first-order chi connectivity index (χ1) is 13.4. The van der Waals surface area contributed by atoms with Crippen LogP contribution >= 0.6 is 11.6 Å². The molecule has 0 radical (unpaired) electrons. The number of carbonyl (C=O) groups excluding carboxylic acids is 1. The highest BCUT2D eigenvalue weighted by Gasteiger charge is 2.56. The van der Waals surface area contributed by atoms with Gasteiger partial charge >= 0.3 is 0 Å². The number of ether oxygens (including phenoxy) is 2. The third kappa shape index (κ3) is 3.65. The lowest BCUT2D eigenvalue weighted by Gasteiger charge is -2.46. The van der Waals surface area contributed by atoms with Crippen LogP contribution in [0.2, 0.25) is 5.02 Å². The third-order valence-electron chi connectivity index (χ3n) is 6.68. The normalized spacial score (nSPS) is 29.7. The van der Waals surface area contributed by atoms with Crippen LogP contribution in [0.5, 0.6) is 0 Å². The molecular formula is C21H30ClN3O3. The number of halogens is 1. The summed E-state index contributed by atoms with van der Waals surface area (Å²) in [7, 11) is 3.37. The van der Waals surface area contributed by atoms with Gasteiger partial charge in [0.15, 0.2) is 5.96 Å². The fourth-order valence-corrected chi connectivity index (χ4v) is 5.08. The summed E-state index contributed by atoms with van der Waals surface area (Å²) in [6.07, 6.45) is 5.89. The van der Waals surface area contributed by atoms with Crippen molar-refractivity contribution >= 4 is 24.0 Å². The van der Waals surface area contributed by atoms with Crippen LogP contribution in [0.1, 0.15) is 43.7 Å². The molecule has 1 saturated carbocycles. The number of amides is 1. The molecule has 1 spiro atoms. The molecule has 7 heteroatoms. The largest absolute Gasteiger partial charge is 0.383 e. The van der Waals surface area contributed by atoms with Crippen LogP contribution in [0.25, 0.3) is 0 Å². The number of guanidine groups is 1. The molecule has 0 bridgehead atoms. The molecule has 1 fully saturated rings. The van der Waals surface area contributed by atoms with Gasteiger partial charge in [0.05, 0.1) is 24.8 Å². The SMILES string of the molecule is COCCN(C=O)C(N)=NC1(C)c2cc(Cl)ccc2CC12CCC(OC)CC2. The first kappa shape index (κ1) is 21.1. The molecular weight excluding hydrogens is 378 g/mol. The second-order valence-corrected chi connectivity index (χ2v) is 8.46. The molecule has 0 heterocycles. The zero-order valence-corrected chi connectivity index (χ0v) is 17.7. The molecule has 0 aromatic heterocycles. The molecule has 2 aliphatic rings. The predicted molar refractivity (Wildman–Crippen MR) is 110 cm³/mol. The number of hydrogen-bond acceptors (Lipinski definition) is 4. The quantitative estimate of drug-likeness (QED) is 0.446. The van der Waals surface area contributed by atoms with E-state index in [1.807, 2.05) is 12.1 Å². The van der Waals surface area contributed by atoms with Crippen molar-refractivity contribution < 1.29 is 14.3 Å². The second-order valence-electron chi connectivity index (χ2n) is 8.03. The molecule has 1 unspecified atom stereocenters. The third-order valence-corrected chi connectivity index (χ3v) is 6.91. The number of nitrogens with two attached hydrogens (primary N) is 1. The Morgan fingerprint density at radius 2 is 2.11 bits per heavy atom. The summed E-state index contributed by atoms with van der Waals surface area (Å²) in [5.74, 6) is 0.218. The van der Waals surface area contributed by atoms with Gasteiger partial charge in [0.2, 0.25) is 6.41 Å². The summed E-state index contributed by atoms with van der Waals surface area (Å²) in [6.45, 7) is 2.90. The van der Waals surface area contributed by atoms with Crippen molar-refractivity contribution in [2.45, 2.75) is 50.7 Å². The molecule has 0 saturated heterocycles. The number of carbonyl (C=O) groups is 1. The molecule has 1 aromatic rings. The average molecular weight is 408 g/mol. The average Bonchev–Trinajstić information content (AvgIpc) is 2.91. The molecule has 6 nitrogen and oxygen atoms in total. The number of benzene rings is 1. The van der Waals surface area contributed by atoms with Gasteiger partial charge in [-0.25, -0.2) is 4.99 Å². The number of aliphatic imine (C=N–C) groups is 1. The fraction of sp³-hybridized carbons (Fsp3) is 0.619. The van der Waals surface area contributed by atoms with Gasteiger partial charge in [-0.05, 0) is 62.3 Å². The van der Waals surface area contributed by atoms with Crippen molar-refractivity contribution in [2.75, 3.05) is 27.4 Å². The minimum absolute atomic E-state index is 0.0600. The molecule has 3 rings (SSSR count). The Bertz CT molecular complexity index is 746. The van der Waals surface area contributed by atoms with Gasteiger partial charge < -0.3 is 15.2 Å². The summed E-state index contributed by atoms with van der Waals surface area (Å²) in [4.78, 5) is 17.9. The van der Waals surface area contributed by atoms with E-state index in [4.69, 9.17) is 31.8 Å². The van der Waals surface area contributed by atoms with Gasteiger partial charge in [0.1, 0.15) is 0 Å². The zero-order chi connectivity index (χ0) is 20.4. The highest BCUT2D eigenvalue weighted by atomic mass is 35.5. The van der Waals surface area contributed by atoms with Crippen LogP contribution < -0.4 is 5.73 Å². The van der Waals surface area contributed by atoms with E-state index in [-0.39, 0.29) is 17.5 Å². The van der Waals surface area contributed by atoms with Gasteiger partial charge in [-0.15, -0.1) is 0 Å². The summed E-state index contributed by atoms with van der Waals surface area (Å²) < 4.78 is 10.7. The lowest BCUT2D eigenvalue weighted by atomic mass is 9.62. The molecule has 1 aromatic carbocycles. The first-order valence-corrected chi connectivity index (χ1v) is 10.1. The Labute approximate surface area is 172 Å². The van der Waals surface area contributed by atoms with Crippen molar-refractivity contribution in [1.29, 1.82) is 0 Å². The van der Waals surface area contributed by atoms with E-state index < -0.39 is 5.54 Å². The molecule has 0 aliphatic heterocycles. The Morgan fingerprint density at radius 3 is 2.71 bits per heavy atom. The Morgan fingerprint density at radius 1 is 1.39 bits per heavy atom. The maximum atomic E-state index is 11.6. The van der Waals surface area contributed by atoms with E-state index in [1.165, 1.54) is 10.5 Å². The maximum Gasteiger partial charge on any atom is 0.216 e. The van der Waals surface area contributed by atoms with Gasteiger partial charge in [0.25, 0.3) is 0 Å². The Balaban J connectivity index is 2.03. The lowest BCUT2D eigenvalue weighted by molar-refractivity contribution is -0.115. The van der Waals surface area contributed by atoms with E-state index in [2.05, 4.69) is 13.0 Å². The zero-order valence-electron chi connectivity index (χ0n) is 16.9. The number of methoxy groups -OCH3 is 2. The van der Waals surface area contributed by atoms with Crippen LogP contribution in [0, 0.1) is 5.41 Å². The first-order valence-electron chi connectivity index (χ1n) is 9.77. The van der Waals surface area contributed by atoms with E-state index in [1.54, 1.807) is 14.2 Å². The van der Waals surface area contributed by atoms with E-state index in [0.717, 1.165) is 37.7 Å². The highest BCUT2D eigenvalue weighted by Crippen LogP contribution is 2.60. The topological polar surface area (TPSA) is 77.2 Å². The van der Waals surface area contributed by atoms with Crippen LogP contribution in [0.15, 0.2) is 23.2 Å². The van der Waals surface area contributed by atoms with Gasteiger partial charge in [-0.1, -0.05) is 17.7 Å². The predicted octanol–water partition coefficient (Wildman–Crippen LogP) is 3.11. The van der Waals surface area contributed by atoms with Crippen molar-refractivity contribution in [3.8, 4) is 0 Å². The number of rotatable bonds is 6. The maximum absolute atomic E-state index is 11.6. The van der Waals surface area contributed by atoms with E-state index in [9.17, 15) is 4.79 Å². The van der Waals surface area contributed by atoms with Crippen LogP contribution in [0.4, 0.5) is 0 Å². The summed E-state index contributed by atoms with van der Waals surface area (Å²) in [5, 5.41) is 0.688. The van der Waals surface area contributed by atoms with Gasteiger partial charge in [0, 0.05) is 24.7 Å². The monoisotopic (exact) mass is 407 g/mol. The molecule has 1 atom stereocenters. The number of fused-ring (bicyclic) bond motifs is 1. The van der Waals surface area contributed by atoms with Gasteiger partial charge in [-0.3, -0.25) is 9.69 Å². The summed E-state index contributed by atoms with van der Waals surface area (Å²) >= 11 is 6.34. The minimum Gasteiger partial charge on any atom is -0.383 e. The standard InChI is InChI=1S/C21H30ClN3O3/c1-20(24-19(23)25(14-26)10-11-27-2)18-12-16(22)5-4-15(18)13-21(20)8-6-17(28-3)7-9-21/h4-5,12,14,17H,6-11,13H2,1-3H3,(H2,23,24). The molecule has 2 aliphatic carbocycles. The van der Waals surface area contributed by atoms with Crippen molar-refractivity contribution in [2.24, 2.45) is 16.1 Å². The minimum atomic E-state index is -0.551. The molecule has 1 amide bonds. The Kier molecular flexibility index (Phi) is 6.32. The van der Waals surface area contributed by atoms with Crippen molar-refractivity contribution in [3.63, 3.8) is 0 Å². The molecule has 2 N–H and O–H groups in total. The Hall–Kier alpha value is -1.63. The number of nitrogens with zero attached hydrogens (tertiary/aromatic N) is 2. The molecule has 28 heavy (non-hydrogen) atoms. The highest BCUT2D eigenvalue weighted by molar-refractivity contribution is 6.30. The van der Waals surface area contributed by atoms with Crippen LogP contribution in [0.3, 0.4) is 0 Å². The van der Waals surface area contributed by atoms with Crippen LogP contribution in [-0.2, 0) is 26.2 Å². The molecule has 154 valence electrons. The van der Waals surface area contributed by atoms with Crippen LogP contribution in [-0.4, -0.2) is 50.7 Å². The van der Waals surface area contributed by atoms with Crippen molar-refractivity contribution in [1.82, 2.24) is 4.90 Å². The van der Waals surface area contributed by atoms with Crippen molar-refractivity contribution in [3.05, 3.63) is 34.3 Å². The number of hydrogen-bond donors (Lipinski definition) is 1. The smallest absolute Gasteiger partial charge is 0.216 e. The van der Waals surface area contributed by atoms with E-state index in [0.29, 0.717) is 24.6 Å². The summed E-state index contributed by atoms with van der Waals surface area (Å²) in [6, 6.07) is 6.04.